The van der Waals surface area contributed by atoms with Gasteiger partial charge in [-0.05, 0) is 37.3 Å². The standard InChI is InChI=1S/C22H33N5O.HI/c1-16-8-7-9-18-17(14-25-19(16)18)10-13-24-21(23-2)26-15-22(11-5-6-12-22)20(28)27(3)4;/h7-9,14,25H,5-6,10-13,15H2,1-4H3,(H2,23,24,26);1H. The fourth-order valence-electron chi connectivity index (χ4n) is 4.35. The average Bonchev–Trinajstić information content (AvgIpc) is 3.32. The Morgan fingerprint density at radius 2 is 1.97 bits per heavy atom. The smallest absolute Gasteiger partial charge is 0.230 e. The maximum absolute atomic E-state index is 12.7. The number of aliphatic imine (C=N–C) groups is 1. The van der Waals surface area contributed by atoms with Gasteiger partial charge in [-0.2, -0.15) is 0 Å². The Bertz CT molecular complexity index is 852. The molecule has 1 fully saturated rings. The summed E-state index contributed by atoms with van der Waals surface area (Å²) in [6.07, 6.45) is 7.14. The number of carbonyl (C=O) groups is 1. The van der Waals surface area contributed by atoms with Crippen LogP contribution in [0.25, 0.3) is 10.9 Å². The molecule has 1 aliphatic carbocycles. The molecule has 0 aliphatic heterocycles. The molecule has 2 aromatic rings. The van der Waals surface area contributed by atoms with Gasteiger partial charge in [-0.25, -0.2) is 0 Å². The number of guanidine groups is 1. The predicted molar refractivity (Wildman–Crippen MR) is 131 cm³/mol. The second-order valence-corrected chi connectivity index (χ2v) is 8.10. The van der Waals surface area contributed by atoms with Crippen LogP contribution in [0.5, 0.6) is 0 Å². The monoisotopic (exact) mass is 511 g/mol. The number of aromatic amines is 1. The van der Waals surface area contributed by atoms with E-state index in [1.165, 1.54) is 22.0 Å². The number of amides is 1. The first-order chi connectivity index (χ1) is 13.5. The Morgan fingerprint density at radius 1 is 1.24 bits per heavy atom. The molecule has 6 nitrogen and oxygen atoms in total. The molecule has 1 saturated carbocycles. The maximum Gasteiger partial charge on any atom is 0.230 e. The lowest BCUT2D eigenvalue weighted by molar-refractivity contribution is -0.138. The molecule has 1 aromatic carbocycles. The molecular formula is C22H34IN5O. The number of nitrogens with one attached hydrogen (secondary N) is 3. The molecule has 0 spiro atoms. The number of halogens is 1. The van der Waals surface area contributed by atoms with Crippen LogP contribution >= 0.6 is 24.0 Å². The summed E-state index contributed by atoms with van der Waals surface area (Å²) in [4.78, 5) is 22.2. The second-order valence-electron chi connectivity index (χ2n) is 8.10. The number of hydrogen-bond acceptors (Lipinski definition) is 2. The fourth-order valence-corrected chi connectivity index (χ4v) is 4.35. The van der Waals surface area contributed by atoms with Gasteiger partial charge in [-0.3, -0.25) is 9.79 Å². The topological polar surface area (TPSA) is 72.5 Å². The summed E-state index contributed by atoms with van der Waals surface area (Å²) in [6.45, 7) is 3.55. The normalized spacial score (nSPS) is 15.8. The van der Waals surface area contributed by atoms with Gasteiger partial charge in [0.15, 0.2) is 5.96 Å². The summed E-state index contributed by atoms with van der Waals surface area (Å²) >= 11 is 0. The Kier molecular flexibility index (Phi) is 8.36. The minimum atomic E-state index is -0.296. The lowest BCUT2D eigenvalue weighted by Crippen LogP contribution is -2.49. The zero-order chi connectivity index (χ0) is 20.1. The van der Waals surface area contributed by atoms with E-state index in [1.807, 2.05) is 14.1 Å². The number of carbonyl (C=O) groups excluding carboxylic acids is 1. The van der Waals surface area contributed by atoms with Crippen LogP contribution in [0.3, 0.4) is 0 Å². The molecule has 1 heterocycles. The van der Waals surface area contributed by atoms with Crippen molar-refractivity contribution in [2.45, 2.75) is 39.0 Å². The van der Waals surface area contributed by atoms with Crippen molar-refractivity contribution < 1.29 is 4.79 Å². The fraction of sp³-hybridized carbons (Fsp3) is 0.545. The van der Waals surface area contributed by atoms with Crippen molar-refractivity contribution in [1.82, 2.24) is 20.5 Å². The van der Waals surface area contributed by atoms with Gasteiger partial charge in [0.25, 0.3) is 0 Å². The first kappa shape index (κ1) is 23.5. The number of aromatic nitrogens is 1. The van der Waals surface area contributed by atoms with E-state index >= 15 is 0 Å². The van der Waals surface area contributed by atoms with Gasteiger partial charge in [0, 0.05) is 51.3 Å². The van der Waals surface area contributed by atoms with Crippen molar-refractivity contribution in [3.8, 4) is 0 Å². The predicted octanol–water partition coefficient (Wildman–Crippen LogP) is 3.45. The lowest BCUT2D eigenvalue weighted by Gasteiger charge is -2.31. The van der Waals surface area contributed by atoms with Crippen LogP contribution < -0.4 is 10.6 Å². The van der Waals surface area contributed by atoms with Crippen molar-refractivity contribution in [3.05, 3.63) is 35.5 Å². The first-order valence-electron chi connectivity index (χ1n) is 10.2. The molecule has 0 atom stereocenters. The Morgan fingerprint density at radius 3 is 2.62 bits per heavy atom. The summed E-state index contributed by atoms with van der Waals surface area (Å²) in [5.41, 5.74) is 3.49. The average molecular weight is 511 g/mol. The molecule has 3 rings (SSSR count). The van der Waals surface area contributed by atoms with Crippen LogP contribution in [0.4, 0.5) is 0 Å². The van der Waals surface area contributed by atoms with E-state index in [0.717, 1.165) is 44.6 Å². The molecule has 1 amide bonds. The summed E-state index contributed by atoms with van der Waals surface area (Å²) in [7, 11) is 5.47. The third kappa shape index (κ3) is 5.24. The third-order valence-electron chi connectivity index (χ3n) is 5.93. The molecule has 0 radical (unpaired) electrons. The molecule has 0 saturated heterocycles. The van der Waals surface area contributed by atoms with E-state index in [0.29, 0.717) is 6.54 Å². The number of H-pyrrole nitrogens is 1. The minimum Gasteiger partial charge on any atom is -0.361 e. The largest absolute Gasteiger partial charge is 0.361 e. The number of aryl methyl sites for hydroxylation is 1. The summed E-state index contributed by atoms with van der Waals surface area (Å²) in [5.74, 6) is 0.982. The van der Waals surface area contributed by atoms with Gasteiger partial charge in [0.2, 0.25) is 5.91 Å². The maximum atomic E-state index is 12.7. The highest BCUT2D eigenvalue weighted by atomic mass is 127. The quantitative estimate of drug-likeness (QED) is 0.316. The van der Waals surface area contributed by atoms with Crippen LogP contribution in [-0.2, 0) is 11.2 Å². The molecule has 160 valence electrons. The summed E-state index contributed by atoms with van der Waals surface area (Å²) < 4.78 is 0. The van der Waals surface area contributed by atoms with Gasteiger partial charge in [0.1, 0.15) is 0 Å². The molecular weight excluding hydrogens is 477 g/mol. The summed E-state index contributed by atoms with van der Waals surface area (Å²) in [6, 6.07) is 6.39. The number of para-hydroxylation sites is 1. The van der Waals surface area contributed by atoms with Crippen LogP contribution in [0.1, 0.15) is 36.8 Å². The Balaban J connectivity index is 0.00000300. The van der Waals surface area contributed by atoms with Gasteiger partial charge >= 0.3 is 0 Å². The Hall–Kier alpha value is -1.77. The van der Waals surface area contributed by atoms with Gasteiger partial charge < -0.3 is 20.5 Å². The van der Waals surface area contributed by atoms with Gasteiger partial charge in [0.05, 0.1) is 5.41 Å². The van der Waals surface area contributed by atoms with E-state index in [4.69, 9.17) is 0 Å². The van der Waals surface area contributed by atoms with Crippen LogP contribution in [0.2, 0.25) is 0 Å². The highest BCUT2D eigenvalue weighted by molar-refractivity contribution is 14.0. The lowest BCUT2D eigenvalue weighted by atomic mass is 9.84. The van der Waals surface area contributed by atoms with E-state index in [9.17, 15) is 4.79 Å². The highest BCUT2D eigenvalue weighted by Crippen LogP contribution is 2.38. The molecule has 1 aliphatic rings. The van der Waals surface area contributed by atoms with Crippen LogP contribution in [0, 0.1) is 12.3 Å². The van der Waals surface area contributed by atoms with E-state index in [1.54, 1.807) is 11.9 Å². The van der Waals surface area contributed by atoms with Crippen molar-refractivity contribution in [3.63, 3.8) is 0 Å². The zero-order valence-corrected chi connectivity index (χ0v) is 20.3. The second kappa shape index (κ2) is 10.3. The zero-order valence-electron chi connectivity index (χ0n) is 18.0. The molecule has 29 heavy (non-hydrogen) atoms. The van der Waals surface area contributed by atoms with E-state index in [-0.39, 0.29) is 35.3 Å². The van der Waals surface area contributed by atoms with Crippen molar-refractivity contribution >= 4 is 46.7 Å². The molecule has 1 aromatic heterocycles. The molecule has 0 bridgehead atoms. The number of rotatable bonds is 6. The summed E-state index contributed by atoms with van der Waals surface area (Å²) in [5, 5.41) is 8.08. The van der Waals surface area contributed by atoms with Crippen molar-refractivity contribution in [2.75, 3.05) is 34.2 Å². The number of benzene rings is 1. The number of nitrogens with zero attached hydrogens (tertiary/aromatic N) is 2. The van der Waals surface area contributed by atoms with E-state index < -0.39 is 0 Å². The van der Waals surface area contributed by atoms with E-state index in [2.05, 4.69) is 51.9 Å². The van der Waals surface area contributed by atoms with Gasteiger partial charge in [-0.15, -0.1) is 24.0 Å². The SMILES string of the molecule is CN=C(NCCc1c[nH]c2c(C)cccc12)NCC1(C(=O)N(C)C)CCCC1.I. The third-order valence-corrected chi connectivity index (χ3v) is 5.93. The molecule has 7 heteroatoms. The number of hydrogen-bond donors (Lipinski definition) is 3. The van der Waals surface area contributed by atoms with Crippen LogP contribution in [0.15, 0.2) is 29.4 Å². The van der Waals surface area contributed by atoms with Crippen molar-refractivity contribution in [2.24, 2.45) is 10.4 Å². The van der Waals surface area contributed by atoms with Gasteiger partial charge in [-0.1, -0.05) is 31.0 Å². The van der Waals surface area contributed by atoms with Crippen molar-refractivity contribution in [1.29, 1.82) is 0 Å². The highest BCUT2D eigenvalue weighted by Gasteiger charge is 2.42. The first-order valence-corrected chi connectivity index (χ1v) is 10.2. The molecule has 0 unspecified atom stereocenters. The molecule has 3 N–H and O–H groups in total. The minimum absolute atomic E-state index is 0. The van der Waals surface area contributed by atoms with Crippen LogP contribution in [-0.4, -0.2) is 56.0 Å². The number of fused-ring (bicyclic) bond motifs is 1. The Labute approximate surface area is 190 Å².